The summed E-state index contributed by atoms with van der Waals surface area (Å²) in [7, 11) is 0. The second kappa shape index (κ2) is 14.0. The van der Waals surface area contributed by atoms with Crippen molar-refractivity contribution in [3.05, 3.63) is 101 Å². The number of unbranched alkanes of at least 4 members (excludes halogenated alkanes) is 1. The molecule has 7 nitrogen and oxygen atoms in total. The number of carbonyl (C=O) groups is 3. The van der Waals surface area contributed by atoms with Gasteiger partial charge >= 0.3 is 17.9 Å². The van der Waals surface area contributed by atoms with Crippen molar-refractivity contribution in [2.75, 3.05) is 13.2 Å². The minimum Gasteiger partial charge on any atom is -0.493 e. The zero-order chi connectivity index (χ0) is 27.5. The molecule has 0 aliphatic heterocycles. The number of halogens is 1. The van der Waals surface area contributed by atoms with Gasteiger partial charge in [0.2, 0.25) is 0 Å². The predicted molar refractivity (Wildman–Crippen MR) is 144 cm³/mol. The van der Waals surface area contributed by atoms with E-state index in [0.717, 1.165) is 23.6 Å². The van der Waals surface area contributed by atoms with Gasteiger partial charge in [0, 0.05) is 12.1 Å². The highest BCUT2D eigenvalue weighted by atomic mass is 35.5. The fraction of sp³-hybridized carbons (Fsp3) is 0.233. The minimum atomic E-state index is -0.610. The normalized spacial score (nSPS) is 10.4. The lowest BCUT2D eigenvalue weighted by molar-refractivity contribution is -0.137. The van der Waals surface area contributed by atoms with Crippen LogP contribution in [-0.4, -0.2) is 31.1 Å². The van der Waals surface area contributed by atoms with Gasteiger partial charge in [0.15, 0.2) is 0 Å². The Kier molecular flexibility index (Phi) is 10.5. The number of benzene rings is 3. The Morgan fingerprint density at radius 1 is 0.868 bits per heavy atom. The maximum atomic E-state index is 12.7. The molecular weight excluding hydrogens is 508 g/mol. The number of rotatable bonds is 12. The van der Waals surface area contributed by atoms with Crippen LogP contribution in [0.4, 0.5) is 0 Å². The fourth-order valence-corrected chi connectivity index (χ4v) is 3.65. The number of esters is 3. The molecule has 0 unspecified atom stereocenters. The van der Waals surface area contributed by atoms with Gasteiger partial charge in [-0.1, -0.05) is 37.2 Å². The van der Waals surface area contributed by atoms with E-state index in [1.807, 2.05) is 26.0 Å². The van der Waals surface area contributed by atoms with Crippen LogP contribution >= 0.6 is 11.6 Å². The van der Waals surface area contributed by atoms with Crippen LogP contribution in [0.25, 0.3) is 0 Å². The van der Waals surface area contributed by atoms with E-state index in [4.69, 9.17) is 30.5 Å². The summed E-state index contributed by atoms with van der Waals surface area (Å²) in [6.07, 6.45) is 3.37. The lowest BCUT2D eigenvalue weighted by atomic mass is 10.1. The summed E-state index contributed by atoms with van der Waals surface area (Å²) in [5.41, 5.74) is 2.39. The van der Waals surface area contributed by atoms with E-state index >= 15 is 0 Å². The maximum Gasteiger partial charge on any atom is 0.345 e. The third-order valence-electron chi connectivity index (χ3n) is 5.53. The highest BCUT2D eigenvalue weighted by Gasteiger charge is 2.16. The monoisotopic (exact) mass is 536 g/mol. The van der Waals surface area contributed by atoms with Gasteiger partial charge in [-0.3, -0.25) is 0 Å². The smallest absolute Gasteiger partial charge is 0.345 e. The molecule has 198 valence electrons. The molecule has 0 aliphatic rings. The topological polar surface area (TPSA) is 88.1 Å². The Labute approximate surface area is 226 Å². The Morgan fingerprint density at radius 3 is 2.21 bits per heavy atom. The van der Waals surface area contributed by atoms with Crippen molar-refractivity contribution in [2.45, 2.75) is 33.1 Å². The summed E-state index contributed by atoms with van der Waals surface area (Å²) in [5.74, 6) is -0.389. The molecule has 8 heteroatoms. The summed E-state index contributed by atoms with van der Waals surface area (Å²) in [4.78, 5) is 36.2. The molecule has 0 atom stereocenters. The van der Waals surface area contributed by atoms with Crippen LogP contribution in [0.15, 0.2) is 73.3 Å². The second-order valence-corrected chi connectivity index (χ2v) is 8.73. The zero-order valence-electron chi connectivity index (χ0n) is 21.3. The molecule has 0 fully saturated rings. The molecule has 0 aromatic heterocycles. The lowest BCUT2D eigenvalue weighted by Gasteiger charge is -2.11. The van der Waals surface area contributed by atoms with Crippen LogP contribution in [0.3, 0.4) is 0 Å². The number of hydrogen-bond acceptors (Lipinski definition) is 7. The van der Waals surface area contributed by atoms with Crippen LogP contribution in [-0.2, 0) is 16.0 Å². The van der Waals surface area contributed by atoms with E-state index in [1.54, 1.807) is 30.3 Å². The van der Waals surface area contributed by atoms with E-state index in [0.29, 0.717) is 43.1 Å². The molecule has 0 saturated heterocycles. The average molecular weight is 537 g/mol. The predicted octanol–water partition coefficient (Wildman–Crippen LogP) is 6.54. The van der Waals surface area contributed by atoms with Gasteiger partial charge in [0.1, 0.15) is 17.2 Å². The third-order valence-corrected chi connectivity index (χ3v) is 5.84. The number of ether oxygens (including phenoxy) is 4. The van der Waals surface area contributed by atoms with Crippen molar-refractivity contribution in [3.63, 3.8) is 0 Å². The summed E-state index contributed by atoms with van der Waals surface area (Å²) in [5, 5.41) is 0.102. The summed E-state index contributed by atoms with van der Waals surface area (Å²) >= 11 is 6.28. The molecule has 0 N–H and O–H groups in total. The first kappa shape index (κ1) is 28.5. The van der Waals surface area contributed by atoms with Crippen LogP contribution in [0.2, 0.25) is 5.02 Å². The molecule has 0 saturated carbocycles. The molecule has 0 amide bonds. The third kappa shape index (κ3) is 8.21. The number of hydrogen-bond donors (Lipinski definition) is 0. The molecule has 3 aromatic rings. The first-order valence-electron chi connectivity index (χ1n) is 12.2. The molecule has 0 aliphatic carbocycles. The molecule has 0 spiro atoms. The van der Waals surface area contributed by atoms with E-state index < -0.39 is 17.9 Å². The van der Waals surface area contributed by atoms with Crippen LogP contribution in [0, 0.1) is 6.92 Å². The molecule has 3 rings (SSSR count). The van der Waals surface area contributed by atoms with E-state index in [9.17, 15) is 14.4 Å². The Bertz CT molecular complexity index is 1300. The standard InChI is InChI=1S/C30H29ClO7/c1-4-21-8-11-23(12-9-21)37-30(34)25-14-13-24(19-26(25)31)38-29(33)22-10-15-27(20(3)18-22)35-16-6-7-17-36-28(32)5-2/h5,8-15,18-19H,2,4,6-7,16-17H2,1,3H3. The average Bonchev–Trinajstić information content (AvgIpc) is 2.91. The van der Waals surface area contributed by atoms with Crippen molar-refractivity contribution in [3.8, 4) is 17.2 Å². The largest absolute Gasteiger partial charge is 0.493 e. The van der Waals surface area contributed by atoms with Crippen molar-refractivity contribution in [2.24, 2.45) is 0 Å². The van der Waals surface area contributed by atoms with Crippen molar-refractivity contribution in [1.82, 2.24) is 0 Å². The summed E-state index contributed by atoms with van der Waals surface area (Å²) < 4.78 is 21.5. The summed E-state index contributed by atoms with van der Waals surface area (Å²) in [6, 6.07) is 16.5. The molecule has 0 bridgehead atoms. The van der Waals surface area contributed by atoms with Crippen LogP contribution in [0.1, 0.15) is 51.6 Å². The Balaban J connectivity index is 1.53. The van der Waals surface area contributed by atoms with Crippen LogP contribution < -0.4 is 14.2 Å². The van der Waals surface area contributed by atoms with Crippen LogP contribution in [0.5, 0.6) is 17.2 Å². The number of aryl methyl sites for hydroxylation is 2. The van der Waals surface area contributed by atoms with Gasteiger partial charge in [-0.15, -0.1) is 0 Å². The molecule has 38 heavy (non-hydrogen) atoms. The van der Waals surface area contributed by atoms with Gasteiger partial charge in [-0.05, 0) is 79.8 Å². The second-order valence-electron chi connectivity index (χ2n) is 8.33. The molecule has 0 radical (unpaired) electrons. The molecule has 3 aromatic carbocycles. The molecular formula is C30H29ClO7. The van der Waals surface area contributed by atoms with E-state index in [1.165, 1.54) is 18.2 Å². The van der Waals surface area contributed by atoms with Gasteiger partial charge in [-0.2, -0.15) is 0 Å². The highest BCUT2D eigenvalue weighted by molar-refractivity contribution is 6.33. The van der Waals surface area contributed by atoms with E-state index in [2.05, 4.69) is 6.58 Å². The maximum absolute atomic E-state index is 12.7. The zero-order valence-corrected chi connectivity index (χ0v) is 22.1. The summed E-state index contributed by atoms with van der Waals surface area (Å²) in [6.45, 7) is 7.95. The van der Waals surface area contributed by atoms with Gasteiger partial charge in [0.05, 0.1) is 29.4 Å². The van der Waals surface area contributed by atoms with Gasteiger partial charge in [-0.25, -0.2) is 14.4 Å². The highest BCUT2D eigenvalue weighted by Crippen LogP contribution is 2.26. The fourth-order valence-electron chi connectivity index (χ4n) is 3.40. The quantitative estimate of drug-likeness (QED) is 0.112. The lowest BCUT2D eigenvalue weighted by Crippen LogP contribution is -2.11. The SMILES string of the molecule is C=CC(=O)OCCCCOc1ccc(C(=O)Oc2ccc(C(=O)Oc3ccc(CC)cc3)c(Cl)c2)cc1C. The number of carbonyl (C=O) groups excluding carboxylic acids is 3. The molecule has 0 heterocycles. The van der Waals surface area contributed by atoms with Crippen molar-refractivity contribution < 1.29 is 33.3 Å². The Hall–Kier alpha value is -4.10. The van der Waals surface area contributed by atoms with Crippen molar-refractivity contribution >= 4 is 29.5 Å². The van der Waals surface area contributed by atoms with E-state index in [-0.39, 0.29) is 16.3 Å². The van der Waals surface area contributed by atoms with Gasteiger partial charge < -0.3 is 18.9 Å². The van der Waals surface area contributed by atoms with Gasteiger partial charge in [0.25, 0.3) is 0 Å². The Morgan fingerprint density at radius 2 is 1.55 bits per heavy atom. The van der Waals surface area contributed by atoms with Crippen molar-refractivity contribution in [1.29, 1.82) is 0 Å². The minimum absolute atomic E-state index is 0.102. The first-order valence-corrected chi connectivity index (χ1v) is 12.5. The first-order chi connectivity index (χ1) is 18.3.